The smallest absolute Gasteiger partial charge is 0.227 e. The summed E-state index contributed by atoms with van der Waals surface area (Å²) in [6.07, 6.45) is 0. The Balaban J connectivity index is 0.934. The van der Waals surface area contributed by atoms with Gasteiger partial charge in [0.2, 0.25) is 5.89 Å². The number of oxazole rings is 1. The molecule has 8 aromatic carbocycles. The second-order valence-electron chi connectivity index (χ2n) is 14.6. The zero-order valence-electron chi connectivity index (χ0n) is 31.3. The number of para-hydroxylation sites is 2. The highest BCUT2D eigenvalue weighted by Crippen LogP contribution is 2.43. The Hall–Kier alpha value is -7.32. The number of benzene rings is 8. The van der Waals surface area contributed by atoms with Crippen molar-refractivity contribution in [2.75, 3.05) is 0 Å². The van der Waals surface area contributed by atoms with Crippen LogP contribution in [0.1, 0.15) is 0 Å². The van der Waals surface area contributed by atoms with Crippen LogP contribution in [0, 0.1) is 0 Å². The minimum absolute atomic E-state index is 0.631. The summed E-state index contributed by atoms with van der Waals surface area (Å²) in [5.41, 5.74) is 10.1. The molecule has 0 unspecified atom stereocenters. The zero-order valence-corrected chi connectivity index (χ0v) is 33.0. The fraction of sp³-hybridized carbons (Fsp3) is 0. The molecule has 0 aliphatic heterocycles. The van der Waals surface area contributed by atoms with Crippen LogP contribution in [-0.4, -0.2) is 19.9 Å². The highest BCUT2D eigenvalue weighted by atomic mass is 32.1. The van der Waals surface area contributed by atoms with Crippen LogP contribution in [0.15, 0.2) is 186 Å². The van der Waals surface area contributed by atoms with E-state index in [4.69, 9.17) is 19.4 Å². The molecule has 0 atom stereocenters. The maximum atomic E-state index is 6.03. The number of rotatable bonds is 6. The SMILES string of the molecule is c1ccc(-c2nc(-c3cccc(-c4cccc5c4sc4ccc(-c6ccc(-c7nc8ccccc8o7)cc6)cc45)c3)nc(-c3cccc4c3sc3ccccc34)n2)cc1. The molecule has 12 aromatic rings. The Bertz CT molecular complexity index is 3530. The van der Waals surface area contributed by atoms with E-state index in [0.717, 1.165) is 44.5 Å². The molecule has 276 valence electrons. The summed E-state index contributed by atoms with van der Waals surface area (Å²) < 4.78 is 11.0. The highest BCUT2D eigenvalue weighted by molar-refractivity contribution is 7.26. The van der Waals surface area contributed by atoms with Crippen molar-refractivity contribution in [3.63, 3.8) is 0 Å². The molecule has 0 spiro atoms. The third kappa shape index (κ3) is 5.82. The van der Waals surface area contributed by atoms with E-state index < -0.39 is 0 Å². The van der Waals surface area contributed by atoms with Gasteiger partial charge in [-0.3, -0.25) is 0 Å². The number of aromatic nitrogens is 4. The third-order valence-corrected chi connectivity index (χ3v) is 13.4. The Labute approximate surface area is 346 Å². The second-order valence-corrected chi connectivity index (χ2v) is 16.7. The van der Waals surface area contributed by atoms with Crippen LogP contribution in [0.25, 0.3) is 119 Å². The first kappa shape index (κ1) is 33.8. The van der Waals surface area contributed by atoms with Gasteiger partial charge >= 0.3 is 0 Å². The number of fused-ring (bicyclic) bond motifs is 7. The molecule has 4 heterocycles. The van der Waals surface area contributed by atoms with Gasteiger partial charge in [0, 0.05) is 62.6 Å². The first-order valence-electron chi connectivity index (χ1n) is 19.4. The Morgan fingerprint density at radius 3 is 1.78 bits per heavy atom. The molecule has 0 amide bonds. The highest BCUT2D eigenvalue weighted by Gasteiger charge is 2.18. The summed E-state index contributed by atoms with van der Waals surface area (Å²) in [6, 6.07) is 63.5. The van der Waals surface area contributed by atoms with Crippen LogP contribution in [0.3, 0.4) is 0 Å². The standard InChI is InChI=1S/C52H30N4OS2/c1-2-11-32(12-3-1)49-54-50(56-51(55-49)41-19-10-17-39-38-15-4-7-22-45(38)58-48(39)41)36-14-8-13-35(29-36)37-16-9-18-40-42-30-34(27-28-46(42)59-47(37)40)31-23-25-33(26-24-31)52-53-43-20-5-6-21-44(43)57-52/h1-30H. The van der Waals surface area contributed by atoms with Crippen LogP contribution in [0.5, 0.6) is 0 Å². The first-order chi connectivity index (χ1) is 29.2. The maximum Gasteiger partial charge on any atom is 0.227 e. The van der Waals surface area contributed by atoms with Gasteiger partial charge in [0.15, 0.2) is 23.1 Å². The Morgan fingerprint density at radius 1 is 0.339 bits per heavy atom. The minimum Gasteiger partial charge on any atom is -0.436 e. The van der Waals surface area contributed by atoms with Gasteiger partial charge in [-0.1, -0.05) is 127 Å². The van der Waals surface area contributed by atoms with Crippen LogP contribution >= 0.6 is 22.7 Å². The van der Waals surface area contributed by atoms with E-state index in [1.165, 1.54) is 51.5 Å². The summed E-state index contributed by atoms with van der Waals surface area (Å²) in [7, 11) is 0. The quantitative estimate of drug-likeness (QED) is 0.168. The van der Waals surface area contributed by atoms with E-state index in [1.54, 1.807) is 11.3 Å². The predicted molar refractivity (Wildman–Crippen MR) is 246 cm³/mol. The van der Waals surface area contributed by atoms with Crippen molar-refractivity contribution >= 4 is 74.1 Å². The normalized spacial score (nSPS) is 11.7. The van der Waals surface area contributed by atoms with Gasteiger partial charge in [-0.05, 0) is 76.9 Å². The van der Waals surface area contributed by atoms with Gasteiger partial charge < -0.3 is 4.42 Å². The molecule has 0 N–H and O–H groups in total. The molecule has 4 aromatic heterocycles. The lowest BCUT2D eigenvalue weighted by Gasteiger charge is -2.10. The Morgan fingerprint density at radius 2 is 0.932 bits per heavy atom. The van der Waals surface area contributed by atoms with Crippen molar-refractivity contribution in [3.8, 4) is 67.9 Å². The second kappa shape index (κ2) is 13.7. The molecular weight excluding hydrogens is 761 g/mol. The van der Waals surface area contributed by atoms with Gasteiger partial charge in [-0.25, -0.2) is 19.9 Å². The van der Waals surface area contributed by atoms with Gasteiger partial charge in [-0.2, -0.15) is 0 Å². The van der Waals surface area contributed by atoms with Gasteiger partial charge in [-0.15, -0.1) is 22.7 Å². The fourth-order valence-electron chi connectivity index (χ4n) is 8.10. The van der Waals surface area contributed by atoms with Crippen molar-refractivity contribution in [1.82, 2.24) is 19.9 Å². The molecule has 0 bridgehead atoms. The molecular formula is C52H30N4OS2. The molecule has 0 fully saturated rings. The van der Waals surface area contributed by atoms with E-state index >= 15 is 0 Å². The van der Waals surface area contributed by atoms with Crippen LogP contribution < -0.4 is 0 Å². The van der Waals surface area contributed by atoms with E-state index in [1.807, 2.05) is 53.8 Å². The lowest BCUT2D eigenvalue weighted by Crippen LogP contribution is -2.00. The summed E-state index contributed by atoms with van der Waals surface area (Å²) in [4.78, 5) is 20.1. The van der Waals surface area contributed by atoms with Gasteiger partial charge in [0.25, 0.3) is 0 Å². The van der Waals surface area contributed by atoms with Crippen LogP contribution in [0.4, 0.5) is 0 Å². The van der Waals surface area contributed by atoms with E-state index in [2.05, 4.69) is 145 Å². The maximum absolute atomic E-state index is 6.03. The summed E-state index contributed by atoms with van der Waals surface area (Å²) in [5, 5.41) is 4.95. The minimum atomic E-state index is 0.631. The lowest BCUT2D eigenvalue weighted by atomic mass is 9.98. The van der Waals surface area contributed by atoms with Gasteiger partial charge in [0.1, 0.15) is 5.52 Å². The molecule has 59 heavy (non-hydrogen) atoms. The van der Waals surface area contributed by atoms with Gasteiger partial charge in [0.05, 0.1) is 0 Å². The molecule has 12 rings (SSSR count). The fourth-order valence-corrected chi connectivity index (χ4v) is 10.5. The predicted octanol–water partition coefficient (Wildman–Crippen LogP) is 14.8. The lowest BCUT2D eigenvalue weighted by molar-refractivity contribution is 0.620. The van der Waals surface area contributed by atoms with Crippen molar-refractivity contribution in [1.29, 1.82) is 0 Å². The van der Waals surface area contributed by atoms with Crippen molar-refractivity contribution < 1.29 is 4.42 Å². The first-order valence-corrected chi connectivity index (χ1v) is 21.1. The molecule has 0 radical (unpaired) electrons. The zero-order chi connectivity index (χ0) is 38.9. The molecule has 7 heteroatoms. The van der Waals surface area contributed by atoms with Crippen LogP contribution in [-0.2, 0) is 0 Å². The topological polar surface area (TPSA) is 64.7 Å². The van der Waals surface area contributed by atoms with E-state index in [-0.39, 0.29) is 0 Å². The van der Waals surface area contributed by atoms with Crippen molar-refractivity contribution in [2.24, 2.45) is 0 Å². The number of nitrogens with zero attached hydrogens (tertiary/aromatic N) is 4. The average molecular weight is 791 g/mol. The van der Waals surface area contributed by atoms with Crippen molar-refractivity contribution in [3.05, 3.63) is 182 Å². The van der Waals surface area contributed by atoms with Crippen LogP contribution in [0.2, 0.25) is 0 Å². The largest absolute Gasteiger partial charge is 0.436 e. The van der Waals surface area contributed by atoms with Crippen molar-refractivity contribution in [2.45, 2.75) is 0 Å². The molecule has 5 nitrogen and oxygen atoms in total. The molecule has 0 saturated carbocycles. The number of thiophene rings is 2. The average Bonchev–Trinajstić information content (AvgIpc) is 4.03. The Kier molecular flexibility index (Phi) is 7.82. The summed E-state index contributed by atoms with van der Waals surface area (Å²) in [6.45, 7) is 0. The summed E-state index contributed by atoms with van der Waals surface area (Å²) >= 11 is 3.62. The number of hydrogen-bond donors (Lipinski definition) is 0. The van der Waals surface area contributed by atoms with E-state index in [0.29, 0.717) is 23.4 Å². The third-order valence-electron chi connectivity index (χ3n) is 11.0. The molecule has 0 saturated heterocycles. The summed E-state index contributed by atoms with van der Waals surface area (Å²) in [5.74, 6) is 2.59. The molecule has 0 aliphatic rings. The van der Waals surface area contributed by atoms with E-state index in [9.17, 15) is 0 Å². The molecule has 0 aliphatic carbocycles. The number of hydrogen-bond acceptors (Lipinski definition) is 7. The monoisotopic (exact) mass is 790 g/mol.